The number of thiazole rings is 1. The number of hydrogen-bond acceptors (Lipinski definition) is 6. The fourth-order valence-corrected chi connectivity index (χ4v) is 5.39. The van der Waals surface area contributed by atoms with Crippen molar-refractivity contribution in [3.8, 4) is 16.4 Å². The van der Waals surface area contributed by atoms with Gasteiger partial charge in [-0.2, -0.15) is 0 Å². The number of ether oxygens (including phenoxy) is 2. The molecular weight excluding hydrogens is 518 g/mol. The highest BCUT2D eigenvalue weighted by Gasteiger charge is 2.22. The van der Waals surface area contributed by atoms with Crippen LogP contribution in [0, 0.1) is 0 Å². The maximum atomic E-state index is 12.8. The Morgan fingerprint density at radius 3 is 2.68 bits per heavy atom. The smallest absolute Gasteiger partial charge is 0.350 e. The topological polar surface area (TPSA) is 66.2 Å². The van der Waals surface area contributed by atoms with Crippen LogP contribution < -0.4 is 0 Å². The molecule has 0 saturated carbocycles. The summed E-state index contributed by atoms with van der Waals surface area (Å²) in [6.45, 7) is 3.46. The minimum atomic E-state index is -0.397. The van der Waals surface area contributed by atoms with Gasteiger partial charge in [-0.05, 0) is 61.6 Å². The third kappa shape index (κ3) is 6.13. The van der Waals surface area contributed by atoms with Crippen molar-refractivity contribution in [1.82, 2.24) is 14.5 Å². The fourth-order valence-electron chi connectivity index (χ4n) is 4.24. The average Bonchev–Trinajstić information content (AvgIpc) is 3.56. The number of nitrogens with zero attached hydrogens (tertiary/aromatic N) is 3. The quantitative estimate of drug-likeness (QED) is 0.127. The summed E-state index contributed by atoms with van der Waals surface area (Å²) >= 11 is 7.51. The Kier molecular flexibility index (Phi) is 8.48. The number of imidazole rings is 1. The highest BCUT2D eigenvalue weighted by Crippen LogP contribution is 2.33. The number of hydrogen-bond donors (Lipinski definition) is 0. The number of aryl methyl sites for hydroxylation is 1. The molecule has 38 heavy (non-hydrogen) atoms. The van der Waals surface area contributed by atoms with E-state index in [0.717, 1.165) is 42.5 Å². The summed E-state index contributed by atoms with van der Waals surface area (Å²) in [5.41, 5.74) is 5.56. The Balaban J connectivity index is 1.32. The van der Waals surface area contributed by atoms with Gasteiger partial charge in [0.15, 0.2) is 5.13 Å². The van der Waals surface area contributed by atoms with E-state index in [-0.39, 0.29) is 6.61 Å². The van der Waals surface area contributed by atoms with Crippen molar-refractivity contribution < 1.29 is 14.3 Å². The van der Waals surface area contributed by atoms with E-state index in [1.54, 1.807) is 25.4 Å². The largest absolute Gasteiger partial charge is 0.462 e. The van der Waals surface area contributed by atoms with Gasteiger partial charge in [-0.15, -0.1) is 0 Å². The zero-order chi connectivity index (χ0) is 26.3. The van der Waals surface area contributed by atoms with Crippen LogP contribution in [0.25, 0.3) is 27.4 Å². The van der Waals surface area contributed by atoms with E-state index in [2.05, 4.69) is 29.2 Å². The van der Waals surface area contributed by atoms with Crippen LogP contribution in [-0.4, -0.2) is 33.7 Å². The van der Waals surface area contributed by atoms with Crippen molar-refractivity contribution in [2.75, 3.05) is 13.2 Å². The molecule has 0 fully saturated rings. The molecule has 0 aliphatic carbocycles. The summed E-state index contributed by atoms with van der Waals surface area (Å²) in [6, 6.07) is 23.9. The molecule has 0 radical (unpaired) electrons. The molecule has 5 rings (SSSR count). The maximum Gasteiger partial charge on any atom is 0.350 e. The van der Waals surface area contributed by atoms with Gasteiger partial charge in [-0.1, -0.05) is 71.5 Å². The first kappa shape index (κ1) is 26.1. The standard InChI is InChI=1S/C30H28ClN3O3S/c1-2-37-29(35)28-27(23-12-8-13-24(31)18-23)33-30(38-28)34-20-32-25-15-14-21(17-26(25)34)9-6-7-16-36-19-22-10-4-3-5-11-22/h3-5,8,10-15,17-18,20H,2,6-7,9,16,19H2,1H3. The van der Waals surface area contributed by atoms with Crippen molar-refractivity contribution in [2.24, 2.45) is 0 Å². The van der Waals surface area contributed by atoms with Crippen LogP contribution >= 0.6 is 22.9 Å². The molecule has 8 heteroatoms. The lowest BCUT2D eigenvalue weighted by Crippen LogP contribution is -2.03. The van der Waals surface area contributed by atoms with Crippen LogP contribution in [-0.2, 0) is 22.5 Å². The van der Waals surface area contributed by atoms with E-state index < -0.39 is 5.97 Å². The van der Waals surface area contributed by atoms with E-state index in [0.29, 0.717) is 27.3 Å². The third-order valence-electron chi connectivity index (χ3n) is 6.11. The second-order valence-electron chi connectivity index (χ2n) is 8.84. The molecular formula is C30H28ClN3O3S. The molecule has 2 aromatic heterocycles. The molecule has 5 aromatic rings. The fraction of sp³-hybridized carbons (Fsp3) is 0.233. The minimum Gasteiger partial charge on any atom is -0.462 e. The van der Waals surface area contributed by atoms with Gasteiger partial charge in [0, 0.05) is 17.2 Å². The van der Waals surface area contributed by atoms with E-state index >= 15 is 0 Å². The molecule has 194 valence electrons. The molecule has 0 amide bonds. The van der Waals surface area contributed by atoms with Gasteiger partial charge in [0.25, 0.3) is 0 Å². The molecule has 0 saturated heterocycles. The lowest BCUT2D eigenvalue weighted by molar-refractivity contribution is 0.0532. The second-order valence-corrected chi connectivity index (χ2v) is 10.3. The summed E-state index contributed by atoms with van der Waals surface area (Å²) in [5, 5.41) is 1.23. The lowest BCUT2D eigenvalue weighted by atomic mass is 10.1. The molecule has 0 N–H and O–H groups in total. The van der Waals surface area contributed by atoms with E-state index in [4.69, 9.17) is 26.1 Å². The monoisotopic (exact) mass is 545 g/mol. The molecule has 0 atom stereocenters. The number of halogens is 1. The first-order valence-corrected chi connectivity index (χ1v) is 13.8. The summed E-state index contributed by atoms with van der Waals surface area (Å²) in [5.74, 6) is -0.397. The number of carbonyl (C=O) groups excluding carboxylic acids is 1. The van der Waals surface area contributed by atoms with Gasteiger partial charge in [0.2, 0.25) is 0 Å². The van der Waals surface area contributed by atoms with E-state index in [9.17, 15) is 4.79 Å². The molecule has 0 aliphatic rings. The van der Waals surface area contributed by atoms with Crippen LogP contribution in [0.2, 0.25) is 5.02 Å². The number of benzene rings is 3. The predicted molar refractivity (Wildman–Crippen MR) is 152 cm³/mol. The molecule has 2 heterocycles. The Hall–Kier alpha value is -3.52. The first-order chi connectivity index (χ1) is 18.6. The van der Waals surface area contributed by atoms with Gasteiger partial charge in [-0.3, -0.25) is 4.57 Å². The number of fused-ring (bicyclic) bond motifs is 1. The van der Waals surface area contributed by atoms with Gasteiger partial charge in [-0.25, -0.2) is 14.8 Å². The Labute approximate surface area is 230 Å². The molecule has 6 nitrogen and oxygen atoms in total. The zero-order valence-electron chi connectivity index (χ0n) is 21.1. The first-order valence-electron chi connectivity index (χ1n) is 12.6. The third-order valence-corrected chi connectivity index (χ3v) is 7.38. The van der Waals surface area contributed by atoms with Gasteiger partial charge in [0.05, 0.1) is 29.9 Å². The molecule has 0 aliphatic heterocycles. The number of aromatic nitrogens is 3. The highest BCUT2D eigenvalue weighted by molar-refractivity contribution is 7.16. The highest BCUT2D eigenvalue weighted by atomic mass is 35.5. The van der Waals surface area contributed by atoms with Crippen LogP contribution in [0.15, 0.2) is 79.1 Å². The van der Waals surface area contributed by atoms with Gasteiger partial charge < -0.3 is 9.47 Å². The number of carbonyl (C=O) groups is 1. The molecule has 3 aromatic carbocycles. The number of unbranched alkanes of at least 4 members (excludes halogenated alkanes) is 1. The lowest BCUT2D eigenvalue weighted by Gasteiger charge is -2.06. The summed E-state index contributed by atoms with van der Waals surface area (Å²) < 4.78 is 13.1. The Bertz CT molecular complexity index is 1530. The van der Waals surface area contributed by atoms with Crippen LogP contribution in [0.3, 0.4) is 0 Å². The van der Waals surface area contributed by atoms with E-state index in [1.165, 1.54) is 22.5 Å². The van der Waals surface area contributed by atoms with Crippen molar-refractivity contribution in [1.29, 1.82) is 0 Å². The predicted octanol–water partition coefficient (Wildman–Crippen LogP) is 7.52. The van der Waals surface area contributed by atoms with Crippen LogP contribution in [0.5, 0.6) is 0 Å². The molecule has 0 bridgehead atoms. The molecule has 0 spiro atoms. The summed E-state index contributed by atoms with van der Waals surface area (Å²) in [4.78, 5) is 22.6. The number of esters is 1. The van der Waals surface area contributed by atoms with Crippen molar-refractivity contribution >= 4 is 39.9 Å². The number of rotatable bonds is 11. The minimum absolute atomic E-state index is 0.287. The normalized spacial score (nSPS) is 11.2. The van der Waals surface area contributed by atoms with Crippen molar-refractivity contribution in [2.45, 2.75) is 32.8 Å². The SMILES string of the molecule is CCOC(=O)c1sc(-n2cnc3ccc(CCCCOCc4ccccc4)cc32)nc1-c1cccc(Cl)c1. The van der Waals surface area contributed by atoms with Crippen molar-refractivity contribution in [3.63, 3.8) is 0 Å². The van der Waals surface area contributed by atoms with Crippen molar-refractivity contribution in [3.05, 3.63) is 100 Å². The Morgan fingerprint density at radius 2 is 1.87 bits per heavy atom. The zero-order valence-corrected chi connectivity index (χ0v) is 22.7. The van der Waals surface area contributed by atoms with Crippen LogP contribution in [0.1, 0.15) is 40.6 Å². The maximum absolute atomic E-state index is 12.8. The van der Waals surface area contributed by atoms with E-state index in [1.807, 2.05) is 41.0 Å². The van der Waals surface area contributed by atoms with Crippen LogP contribution in [0.4, 0.5) is 0 Å². The average molecular weight is 546 g/mol. The molecule has 0 unspecified atom stereocenters. The van der Waals surface area contributed by atoms with Gasteiger partial charge >= 0.3 is 5.97 Å². The summed E-state index contributed by atoms with van der Waals surface area (Å²) in [6.07, 6.45) is 4.71. The second kappa shape index (κ2) is 12.3. The Morgan fingerprint density at radius 1 is 1.00 bits per heavy atom. The summed E-state index contributed by atoms with van der Waals surface area (Å²) in [7, 11) is 0. The van der Waals surface area contributed by atoms with Gasteiger partial charge in [0.1, 0.15) is 11.2 Å².